The minimum absolute atomic E-state index is 0.166. The summed E-state index contributed by atoms with van der Waals surface area (Å²) in [6.45, 7) is 4.71. The van der Waals surface area contributed by atoms with Gasteiger partial charge in [0.05, 0.1) is 11.1 Å². The lowest BCUT2D eigenvalue weighted by Crippen LogP contribution is -2.28. The van der Waals surface area contributed by atoms with Crippen molar-refractivity contribution in [2.45, 2.75) is 24.7 Å². The average molecular weight is 818 g/mol. The van der Waals surface area contributed by atoms with Gasteiger partial charge in [0.25, 0.3) is 0 Å². The van der Waals surface area contributed by atoms with Gasteiger partial charge in [-0.3, -0.25) is 0 Å². The maximum Gasteiger partial charge on any atom is 0.159 e. The molecule has 2 aliphatic rings. The number of benzene rings is 10. The van der Waals surface area contributed by atoms with Crippen LogP contribution in [-0.2, 0) is 10.8 Å². The molecule has 1 heterocycles. The van der Waals surface area contributed by atoms with E-state index in [4.69, 9.17) is 4.42 Å². The van der Waals surface area contributed by atoms with Gasteiger partial charge in [0.15, 0.2) is 5.58 Å². The average Bonchev–Trinajstić information content (AvgIpc) is 3.96. The molecule has 0 saturated heterocycles. The summed E-state index contributed by atoms with van der Waals surface area (Å²) in [6, 6.07) is 82.5. The van der Waals surface area contributed by atoms with Gasteiger partial charge in [-0.2, -0.15) is 0 Å². The number of para-hydroxylation sites is 1. The number of hydrogen-bond donors (Lipinski definition) is 0. The topological polar surface area (TPSA) is 16.4 Å². The van der Waals surface area contributed by atoms with Crippen LogP contribution in [0.4, 0.5) is 17.1 Å². The van der Waals surface area contributed by atoms with Crippen molar-refractivity contribution in [3.63, 3.8) is 0 Å². The van der Waals surface area contributed by atoms with Crippen molar-refractivity contribution in [1.82, 2.24) is 0 Å². The second-order valence-electron chi connectivity index (χ2n) is 18.0. The van der Waals surface area contributed by atoms with Gasteiger partial charge in [0.1, 0.15) is 5.58 Å². The van der Waals surface area contributed by atoms with Gasteiger partial charge >= 0.3 is 0 Å². The van der Waals surface area contributed by atoms with Crippen molar-refractivity contribution in [2.75, 3.05) is 4.90 Å². The summed E-state index contributed by atoms with van der Waals surface area (Å²) in [5.74, 6) is 0. The maximum absolute atomic E-state index is 7.18. The normalized spacial score (nSPS) is 14.0. The van der Waals surface area contributed by atoms with Crippen LogP contribution in [0.3, 0.4) is 0 Å². The zero-order valence-corrected chi connectivity index (χ0v) is 35.7. The summed E-state index contributed by atoms with van der Waals surface area (Å²) in [5, 5.41) is 4.63. The molecular weight excluding hydrogens is 775 g/mol. The Labute approximate surface area is 373 Å². The van der Waals surface area contributed by atoms with E-state index in [1.54, 1.807) is 0 Å². The molecule has 0 saturated carbocycles. The Kier molecular flexibility index (Phi) is 7.90. The lowest BCUT2D eigenvalue weighted by Gasteiger charge is -2.34. The third-order valence-corrected chi connectivity index (χ3v) is 14.4. The Morgan fingerprint density at radius 3 is 1.61 bits per heavy atom. The molecule has 0 amide bonds. The molecule has 10 aromatic carbocycles. The first-order chi connectivity index (χ1) is 31.5. The van der Waals surface area contributed by atoms with Crippen LogP contribution in [0.5, 0.6) is 0 Å². The molecule has 0 atom stereocenters. The van der Waals surface area contributed by atoms with E-state index in [0.29, 0.717) is 0 Å². The van der Waals surface area contributed by atoms with E-state index < -0.39 is 5.41 Å². The van der Waals surface area contributed by atoms with E-state index in [1.165, 1.54) is 77.5 Å². The fourth-order valence-electron chi connectivity index (χ4n) is 11.5. The number of anilines is 3. The lowest BCUT2D eigenvalue weighted by molar-refractivity contribution is 0.660. The van der Waals surface area contributed by atoms with Gasteiger partial charge in [-0.15, -0.1) is 0 Å². The monoisotopic (exact) mass is 817 g/mol. The number of fused-ring (bicyclic) bond motifs is 11. The Bertz CT molecular complexity index is 3590. The van der Waals surface area contributed by atoms with Crippen LogP contribution < -0.4 is 4.90 Å². The summed E-state index contributed by atoms with van der Waals surface area (Å²) in [5.41, 5.74) is 19.5. The molecule has 11 aromatic rings. The highest BCUT2D eigenvalue weighted by Crippen LogP contribution is 2.57. The number of furan rings is 1. The molecule has 302 valence electrons. The van der Waals surface area contributed by atoms with Crippen LogP contribution in [-0.4, -0.2) is 0 Å². The van der Waals surface area contributed by atoms with Crippen LogP contribution in [0.15, 0.2) is 229 Å². The van der Waals surface area contributed by atoms with Gasteiger partial charge in [-0.1, -0.05) is 202 Å². The smallest absolute Gasteiger partial charge is 0.159 e. The first-order valence-corrected chi connectivity index (χ1v) is 22.3. The van der Waals surface area contributed by atoms with E-state index in [0.717, 1.165) is 39.0 Å². The second-order valence-corrected chi connectivity index (χ2v) is 18.0. The quantitative estimate of drug-likeness (QED) is 0.166. The highest BCUT2D eigenvalue weighted by molar-refractivity contribution is 6.23. The molecule has 1 aromatic heterocycles. The number of rotatable bonds is 6. The molecule has 2 aliphatic carbocycles. The zero-order chi connectivity index (χ0) is 42.6. The molecule has 0 aliphatic heterocycles. The molecule has 2 nitrogen and oxygen atoms in total. The number of nitrogens with zero attached hydrogens (tertiary/aromatic N) is 1. The predicted octanol–water partition coefficient (Wildman–Crippen LogP) is 16.5. The third-order valence-electron chi connectivity index (χ3n) is 14.4. The SMILES string of the molecule is CC1(C)c2ccccc2-c2ccc(N(c3ccc(C4(c5ccccc5)c5ccccc5-c5ccccc54)cc3)c3cccc4c3oc3cc(-c5ccccc5)c5ccccc5c34)cc21. The Morgan fingerprint density at radius 2 is 0.906 bits per heavy atom. The molecule has 0 radical (unpaired) electrons. The Morgan fingerprint density at radius 1 is 0.375 bits per heavy atom. The predicted molar refractivity (Wildman–Crippen MR) is 266 cm³/mol. The van der Waals surface area contributed by atoms with Crippen LogP contribution in [0.1, 0.15) is 47.2 Å². The molecule has 0 fully saturated rings. The van der Waals surface area contributed by atoms with Gasteiger partial charge in [-0.05, 0) is 114 Å². The molecule has 0 N–H and O–H groups in total. The molecule has 0 unspecified atom stereocenters. The Hall–Kier alpha value is -7.94. The van der Waals surface area contributed by atoms with Gasteiger partial charge < -0.3 is 9.32 Å². The van der Waals surface area contributed by atoms with Crippen LogP contribution >= 0.6 is 0 Å². The first-order valence-electron chi connectivity index (χ1n) is 22.3. The molecule has 0 spiro atoms. The summed E-state index contributed by atoms with van der Waals surface area (Å²) >= 11 is 0. The third kappa shape index (κ3) is 5.08. The van der Waals surface area contributed by atoms with E-state index in [1.807, 2.05) is 0 Å². The number of hydrogen-bond acceptors (Lipinski definition) is 2. The van der Waals surface area contributed by atoms with Gasteiger partial charge in [-0.25, -0.2) is 0 Å². The van der Waals surface area contributed by atoms with Crippen molar-refractivity contribution < 1.29 is 4.42 Å². The standard InChI is InChI=1S/C62H43NO/c1-61(2)53-28-14-11-23-46(53)49-37-36-44(38-56(49)61)63(57-31-17-27-51-59-50-26-10-9-22-45(50)52(39-58(59)64-60(51)57)40-18-5-3-6-19-40)43-34-32-42(33-35-43)62(41-20-7-4-8-21-41)54-29-15-12-24-47(54)48-25-13-16-30-55(48)62/h3-39H,1-2H3. The largest absolute Gasteiger partial charge is 0.454 e. The summed E-state index contributed by atoms with van der Waals surface area (Å²) in [6.07, 6.45) is 0. The summed E-state index contributed by atoms with van der Waals surface area (Å²) in [7, 11) is 0. The van der Waals surface area contributed by atoms with E-state index in [-0.39, 0.29) is 5.41 Å². The van der Waals surface area contributed by atoms with Crippen molar-refractivity contribution in [1.29, 1.82) is 0 Å². The van der Waals surface area contributed by atoms with Crippen molar-refractivity contribution in [2.24, 2.45) is 0 Å². The second kappa shape index (κ2) is 13.8. The Balaban J connectivity index is 1.05. The molecule has 0 bridgehead atoms. The summed E-state index contributed by atoms with van der Waals surface area (Å²) in [4.78, 5) is 2.42. The summed E-state index contributed by atoms with van der Waals surface area (Å²) < 4.78 is 7.18. The highest BCUT2D eigenvalue weighted by Gasteiger charge is 2.46. The molecule has 13 rings (SSSR count). The zero-order valence-electron chi connectivity index (χ0n) is 35.7. The van der Waals surface area contributed by atoms with Crippen molar-refractivity contribution >= 4 is 49.8 Å². The van der Waals surface area contributed by atoms with E-state index in [9.17, 15) is 0 Å². The maximum atomic E-state index is 7.18. The molecule has 64 heavy (non-hydrogen) atoms. The highest BCUT2D eigenvalue weighted by atomic mass is 16.3. The van der Waals surface area contributed by atoms with Gasteiger partial charge in [0, 0.05) is 27.6 Å². The van der Waals surface area contributed by atoms with E-state index in [2.05, 4.69) is 243 Å². The molecule has 2 heteroatoms. The van der Waals surface area contributed by atoms with Crippen molar-refractivity contribution in [3.8, 4) is 33.4 Å². The first kappa shape index (κ1) is 36.7. The van der Waals surface area contributed by atoms with Crippen LogP contribution in [0, 0.1) is 0 Å². The fourth-order valence-corrected chi connectivity index (χ4v) is 11.5. The minimum Gasteiger partial charge on any atom is -0.454 e. The van der Waals surface area contributed by atoms with Gasteiger partial charge in [0.2, 0.25) is 0 Å². The van der Waals surface area contributed by atoms with Crippen LogP contribution in [0.25, 0.3) is 66.1 Å². The lowest BCUT2D eigenvalue weighted by atomic mass is 9.68. The van der Waals surface area contributed by atoms with E-state index >= 15 is 0 Å². The van der Waals surface area contributed by atoms with Crippen molar-refractivity contribution in [3.05, 3.63) is 258 Å². The van der Waals surface area contributed by atoms with Crippen LogP contribution in [0.2, 0.25) is 0 Å². The minimum atomic E-state index is -0.489. The molecular formula is C62H43NO. The fraction of sp³-hybridized carbons (Fsp3) is 0.0645.